The maximum absolute atomic E-state index is 12.6. The standard InChI is InChI=1S/C19H28N2O4/c1-23-9-10-25-18-12-14(7-8-17(18)24-2)20-19(22)16-11-13-5-3-4-6-15(13)21-16/h7-8,12-13,15-16,21H,3-6,9-11H2,1-2H3,(H,20,22). The van der Waals surface area contributed by atoms with Gasteiger partial charge in [-0.25, -0.2) is 0 Å². The van der Waals surface area contributed by atoms with Crippen LogP contribution in [0.4, 0.5) is 5.69 Å². The van der Waals surface area contributed by atoms with Crippen molar-refractivity contribution in [3.05, 3.63) is 18.2 Å². The van der Waals surface area contributed by atoms with Gasteiger partial charge in [-0.05, 0) is 37.3 Å². The lowest BCUT2D eigenvalue weighted by atomic mass is 9.85. The van der Waals surface area contributed by atoms with E-state index in [1.165, 1.54) is 25.7 Å². The Morgan fingerprint density at radius 3 is 2.80 bits per heavy atom. The van der Waals surface area contributed by atoms with Crippen LogP contribution >= 0.6 is 0 Å². The summed E-state index contributed by atoms with van der Waals surface area (Å²) in [5, 5.41) is 6.51. The monoisotopic (exact) mass is 348 g/mol. The molecule has 0 aromatic heterocycles. The van der Waals surface area contributed by atoms with E-state index in [1.807, 2.05) is 6.07 Å². The molecular weight excluding hydrogens is 320 g/mol. The number of rotatable bonds is 7. The molecule has 2 fully saturated rings. The fourth-order valence-corrected chi connectivity index (χ4v) is 3.85. The maximum atomic E-state index is 12.6. The van der Waals surface area contributed by atoms with Crippen molar-refractivity contribution in [1.29, 1.82) is 0 Å². The minimum atomic E-state index is -0.104. The summed E-state index contributed by atoms with van der Waals surface area (Å²) in [4.78, 5) is 12.6. The van der Waals surface area contributed by atoms with Gasteiger partial charge in [0.15, 0.2) is 11.5 Å². The molecule has 2 N–H and O–H groups in total. The van der Waals surface area contributed by atoms with Gasteiger partial charge in [0, 0.05) is 24.9 Å². The van der Waals surface area contributed by atoms with Gasteiger partial charge < -0.3 is 24.8 Å². The third kappa shape index (κ3) is 4.44. The Morgan fingerprint density at radius 2 is 2.04 bits per heavy atom. The Balaban J connectivity index is 1.61. The van der Waals surface area contributed by atoms with E-state index in [4.69, 9.17) is 14.2 Å². The summed E-state index contributed by atoms with van der Waals surface area (Å²) in [6.45, 7) is 0.923. The lowest BCUT2D eigenvalue weighted by Crippen LogP contribution is -2.39. The number of amides is 1. The van der Waals surface area contributed by atoms with E-state index in [2.05, 4.69) is 10.6 Å². The topological polar surface area (TPSA) is 68.8 Å². The average molecular weight is 348 g/mol. The van der Waals surface area contributed by atoms with E-state index < -0.39 is 0 Å². The molecule has 1 aliphatic heterocycles. The normalized spacial score (nSPS) is 25.3. The van der Waals surface area contributed by atoms with Crippen molar-refractivity contribution in [3.8, 4) is 11.5 Å². The molecular formula is C19H28N2O4. The van der Waals surface area contributed by atoms with E-state index >= 15 is 0 Å². The van der Waals surface area contributed by atoms with Crippen LogP contribution in [0.2, 0.25) is 0 Å². The second-order valence-electron chi connectivity index (χ2n) is 6.80. The zero-order chi connectivity index (χ0) is 17.6. The van der Waals surface area contributed by atoms with Crippen LogP contribution in [0.25, 0.3) is 0 Å². The zero-order valence-electron chi connectivity index (χ0n) is 15.0. The van der Waals surface area contributed by atoms with Crippen molar-refractivity contribution in [1.82, 2.24) is 5.32 Å². The molecule has 1 amide bonds. The molecule has 1 saturated carbocycles. The van der Waals surface area contributed by atoms with Crippen LogP contribution in [0.1, 0.15) is 32.1 Å². The van der Waals surface area contributed by atoms with Crippen molar-refractivity contribution < 1.29 is 19.0 Å². The fourth-order valence-electron chi connectivity index (χ4n) is 3.85. The maximum Gasteiger partial charge on any atom is 0.241 e. The minimum absolute atomic E-state index is 0.0300. The lowest BCUT2D eigenvalue weighted by molar-refractivity contribution is -0.117. The largest absolute Gasteiger partial charge is 0.493 e. The molecule has 0 spiro atoms. The predicted octanol–water partition coefficient (Wildman–Crippen LogP) is 2.58. The molecule has 25 heavy (non-hydrogen) atoms. The van der Waals surface area contributed by atoms with Gasteiger partial charge in [-0.2, -0.15) is 0 Å². The van der Waals surface area contributed by atoms with Crippen LogP contribution in [0.3, 0.4) is 0 Å². The van der Waals surface area contributed by atoms with Gasteiger partial charge in [0.05, 0.1) is 19.8 Å². The molecule has 1 aliphatic carbocycles. The summed E-state index contributed by atoms with van der Waals surface area (Å²) in [5.74, 6) is 1.92. The van der Waals surface area contributed by atoms with Crippen LogP contribution < -0.4 is 20.1 Å². The second kappa shape index (κ2) is 8.54. The van der Waals surface area contributed by atoms with E-state index in [0.717, 1.165) is 12.1 Å². The minimum Gasteiger partial charge on any atom is -0.493 e. The van der Waals surface area contributed by atoms with Crippen LogP contribution in [-0.4, -0.2) is 45.4 Å². The van der Waals surface area contributed by atoms with Gasteiger partial charge in [0.1, 0.15) is 6.61 Å². The van der Waals surface area contributed by atoms with Gasteiger partial charge in [-0.3, -0.25) is 4.79 Å². The molecule has 0 bridgehead atoms. The third-order valence-electron chi connectivity index (χ3n) is 5.16. The Hall–Kier alpha value is -1.79. The first-order valence-corrected chi connectivity index (χ1v) is 9.08. The summed E-state index contributed by atoms with van der Waals surface area (Å²) in [6.07, 6.45) is 5.92. The van der Waals surface area contributed by atoms with Crippen molar-refractivity contribution in [2.24, 2.45) is 5.92 Å². The molecule has 3 atom stereocenters. The summed E-state index contributed by atoms with van der Waals surface area (Å²) < 4.78 is 16.0. The number of carbonyl (C=O) groups excluding carboxylic acids is 1. The predicted molar refractivity (Wildman–Crippen MR) is 96.3 cm³/mol. The van der Waals surface area contributed by atoms with E-state index in [-0.39, 0.29) is 11.9 Å². The van der Waals surface area contributed by atoms with Crippen LogP contribution in [0.15, 0.2) is 18.2 Å². The quantitative estimate of drug-likeness (QED) is 0.741. The summed E-state index contributed by atoms with van der Waals surface area (Å²) in [6, 6.07) is 5.84. The molecule has 1 saturated heterocycles. The molecule has 1 aromatic carbocycles. The molecule has 3 rings (SSSR count). The Bertz CT molecular complexity index is 579. The highest BCUT2D eigenvalue weighted by Gasteiger charge is 2.38. The number of fused-ring (bicyclic) bond motifs is 1. The van der Waals surface area contributed by atoms with Crippen molar-refractivity contribution in [2.45, 2.75) is 44.2 Å². The molecule has 3 unspecified atom stereocenters. The Morgan fingerprint density at radius 1 is 1.20 bits per heavy atom. The number of nitrogens with one attached hydrogen (secondary N) is 2. The second-order valence-corrected chi connectivity index (χ2v) is 6.80. The van der Waals surface area contributed by atoms with Gasteiger partial charge >= 0.3 is 0 Å². The van der Waals surface area contributed by atoms with Gasteiger partial charge in [-0.1, -0.05) is 12.8 Å². The van der Waals surface area contributed by atoms with E-state index in [0.29, 0.717) is 36.7 Å². The highest BCUT2D eigenvalue weighted by Crippen LogP contribution is 2.34. The van der Waals surface area contributed by atoms with Crippen molar-refractivity contribution >= 4 is 11.6 Å². The molecule has 2 aliphatic rings. The Labute approximate surface area is 149 Å². The van der Waals surface area contributed by atoms with Gasteiger partial charge in [0.2, 0.25) is 5.91 Å². The van der Waals surface area contributed by atoms with Crippen LogP contribution in [-0.2, 0) is 9.53 Å². The summed E-state index contributed by atoms with van der Waals surface area (Å²) in [5.41, 5.74) is 0.717. The number of hydrogen-bond donors (Lipinski definition) is 2. The molecule has 138 valence electrons. The highest BCUT2D eigenvalue weighted by molar-refractivity contribution is 5.95. The highest BCUT2D eigenvalue weighted by atomic mass is 16.5. The number of hydrogen-bond acceptors (Lipinski definition) is 5. The number of methoxy groups -OCH3 is 2. The number of benzene rings is 1. The number of carbonyl (C=O) groups is 1. The van der Waals surface area contributed by atoms with E-state index in [9.17, 15) is 4.79 Å². The van der Waals surface area contributed by atoms with Crippen LogP contribution in [0, 0.1) is 5.92 Å². The molecule has 6 nitrogen and oxygen atoms in total. The van der Waals surface area contributed by atoms with Crippen molar-refractivity contribution in [2.75, 3.05) is 32.8 Å². The average Bonchev–Trinajstić information content (AvgIpc) is 3.06. The first kappa shape index (κ1) is 18.0. The summed E-state index contributed by atoms with van der Waals surface area (Å²) in [7, 11) is 3.23. The number of anilines is 1. The van der Waals surface area contributed by atoms with Gasteiger partial charge in [0.25, 0.3) is 0 Å². The van der Waals surface area contributed by atoms with Crippen molar-refractivity contribution in [3.63, 3.8) is 0 Å². The first-order chi connectivity index (χ1) is 12.2. The number of ether oxygens (including phenoxy) is 3. The first-order valence-electron chi connectivity index (χ1n) is 9.08. The molecule has 1 aromatic rings. The fraction of sp³-hybridized carbons (Fsp3) is 0.632. The summed E-state index contributed by atoms with van der Waals surface area (Å²) >= 11 is 0. The van der Waals surface area contributed by atoms with Crippen LogP contribution in [0.5, 0.6) is 11.5 Å². The van der Waals surface area contributed by atoms with E-state index in [1.54, 1.807) is 26.4 Å². The Kier molecular flexibility index (Phi) is 6.15. The SMILES string of the molecule is COCCOc1cc(NC(=O)C2CC3CCCCC3N2)ccc1OC. The third-order valence-corrected chi connectivity index (χ3v) is 5.16. The lowest BCUT2D eigenvalue weighted by Gasteiger charge is -2.24. The molecule has 1 heterocycles. The molecule has 6 heteroatoms. The smallest absolute Gasteiger partial charge is 0.241 e. The molecule has 0 radical (unpaired) electrons. The van der Waals surface area contributed by atoms with Gasteiger partial charge in [-0.15, -0.1) is 0 Å². The zero-order valence-corrected chi connectivity index (χ0v) is 15.0.